The molecule has 0 aliphatic heterocycles. The SMILES string of the molecule is C=C(c1ccccc1)c1ccc(C2=CC(N(O)C(N)=O)CC2)s1. The molecule has 1 aliphatic rings. The minimum atomic E-state index is -0.822. The van der Waals surface area contributed by atoms with E-state index in [1.807, 2.05) is 36.4 Å². The lowest BCUT2D eigenvalue weighted by Crippen LogP contribution is -2.39. The van der Waals surface area contributed by atoms with E-state index in [0.717, 1.165) is 32.9 Å². The van der Waals surface area contributed by atoms with Crippen molar-refractivity contribution in [3.05, 3.63) is 70.4 Å². The lowest BCUT2D eigenvalue weighted by molar-refractivity contribution is -0.0608. The van der Waals surface area contributed by atoms with Crippen molar-refractivity contribution in [3.8, 4) is 0 Å². The summed E-state index contributed by atoms with van der Waals surface area (Å²) < 4.78 is 0. The number of benzene rings is 1. The molecule has 1 aromatic heterocycles. The molecule has 0 radical (unpaired) electrons. The highest BCUT2D eigenvalue weighted by Crippen LogP contribution is 2.36. The van der Waals surface area contributed by atoms with Crippen molar-refractivity contribution < 1.29 is 10.0 Å². The van der Waals surface area contributed by atoms with Gasteiger partial charge in [-0.15, -0.1) is 11.3 Å². The van der Waals surface area contributed by atoms with Crippen LogP contribution < -0.4 is 5.73 Å². The Labute approximate surface area is 139 Å². The molecule has 4 nitrogen and oxygen atoms in total. The zero-order valence-electron chi connectivity index (χ0n) is 12.6. The van der Waals surface area contributed by atoms with E-state index in [4.69, 9.17) is 5.73 Å². The highest BCUT2D eigenvalue weighted by Gasteiger charge is 2.25. The van der Waals surface area contributed by atoms with Crippen LogP contribution >= 0.6 is 11.3 Å². The van der Waals surface area contributed by atoms with Gasteiger partial charge in [0.15, 0.2) is 0 Å². The maximum Gasteiger partial charge on any atom is 0.339 e. The third-order valence-corrected chi connectivity index (χ3v) is 5.21. The monoisotopic (exact) mass is 326 g/mol. The lowest BCUT2D eigenvalue weighted by Gasteiger charge is -2.17. The van der Waals surface area contributed by atoms with Crippen molar-refractivity contribution in [2.45, 2.75) is 18.9 Å². The predicted molar refractivity (Wildman–Crippen MR) is 93.1 cm³/mol. The molecule has 118 valence electrons. The normalized spacial score (nSPS) is 16.9. The van der Waals surface area contributed by atoms with Gasteiger partial charge in [0.05, 0.1) is 6.04 Å². The van der Waals surface area contributed by atoms with E-state index in [0.29, 0.717) is 11.5 Å². The first-order valence-corrected chi connectivity index (χ1v) is 8.21. The minimum absolute atomic E-state index is 0.342. The van der Waals surface area contributed by atoms with E-state index in [9.17, 15) is 10.0 Å². The van der Waals surface area contributed by atoms with E-state index < -0.39 is 6.03 Å². The summed E-state index contributed by atoms with van der Waals surface area (Å²) in [6.07, 6.45) is 3.40. The first kappa shape index (κ1) is 15.5. The number of amides is 2. The van der Waals surface area contributed by atoms with Crippen LogP contribution in [0.2, 0.25) is 0 Å². The summed E-state index contributed by atoms with van der Waals surface area (Å²) in [5.74, 6) is 0. The van der Waals surface area contributed by atoms with E-state index in [-0.39, 0.29) is 6.04 Å². The van der Waals surface area contributed by atoms with Gasteiger partial charge < -0.3 is 5.73 Å². The van der Waals surface area contributed by atoms with Crippen LogP contribution in [0.3, 0.4) is 0 Å². The highest BCUT2D eigenvalue weighted by molar-refractivity contribution is 7.14. The number of nitrogens with zero attached hydrogens (tertiary/aromatic N) is 1. The number of carbonyl (C=O) groups excluding carboxylic acids is 1. The number of rotatable bonds is 4. The average Bonchev–Trinajstić information content (AvgIpc) is 3.23. The first-order valence-electron chi connectivity index (χ1n) is 7.39. The van der Waals surface area contributed by atoms with Gasteiger partial charge in [-0.05, 0) is 41.7 Å². The Bertz CT molecular complexity index is 764. The van der Waals surface area contributed by atoms with Crippen molar-refractivity contribution >= 4 is 28.5 Å². The molecule has 1 unspecified atom stereocenters. The summed E-state index contributed by atoms with van der Waals surface area (Å²) in [6.45, 7) is 4.18. The third-order valence-electron chi connectivity index (χ3n) is 3.99. The van der Waals surface area contributed by atoms with Crippen LogP contribution in [-0.4, -0.2) is 22.3 Å². The second kappa shape index (κ2) is 6.40. The molecule has 5 heteroatoms. The van der Waals surface area contributed by atoms with E-state index in [1.54, 1.807) is 11.3 Å². The molecule has 1 aromatic carbocycles. The van der Waals surface area contributed by atoms with Crippen LogP contribution in [0.25, 0.3) is 11.1 Å². The van der Waals surface area contributed by atoms with Crippen molar-refractivity contribution in [2.24, 2.45) is 5.73 Å². The van der Waals surface area contributed by atoms with Crippen LogP contribution in [0.5, 0.6) is 0 Å². The number of thiophene rings is 1. The van der Waals surface area contributed by atoms with Crippen LogP contribution in [-0.2, 0) is 0 Å². The molecule has 1 atom stereocenters. The van der Waals surface area contributed by atoms with Crippen LogP contribution in [0.15, 0.2) is 55.1 Å². The molecule has 2 amide bonds. The fourth-order valence-electron chi connectivity index (χ4n) is 2.72. The van der Waals surface area contributed by atoms with Crippen LogP contribution in [0.4, 0.5) is 4.79 Å². The second-order valence-electron chi connectivity index (χ2n) is 5.49. The lowest BCUT2D eigenvalue weighted by atomic mass is 10.1. The second-order valence-corrected chi connectivity index (χ2v) is 6.57. The number of hydrogen-bond acceptors (Lipinski definition) is 3. The third kappa shape index (κ3) is 3.21. The number of hydroxylamine groups is 2. The largest absolute Gasteiger partial charge is 0.350 e. The van der Waals surface area contributed by atoms with Gasteiger partial charge >= 0.3 is 6.03 Å². The number of hydrogen-bond donors (Lipinski definition) is 2. The van der Waals surface area contributed by atoms with Crippen molar-refractivity contribution in [2.75, 3.05) is 0 Å². The Morgan fingerprint density at radius 2 is 2.00 bits per heavy atom. The van der Waals surface area contributed by atoms with Gasteiger partial charge in [-0.2, -0.15) is 5.06 Å². The topological polar surface area (TPSA) is 66.6 Å². The zero-order valence-corrected chi connectivity index (χ0v) is 13.4. The Morgan fingerprint density at radius 1 is 1.26 bits per heavy atom. The van der Waals surface area contributed by atoms with Gasteiger partial charge in [0.25, 0.3) is 0 Å². The Morgan fingerprint density at radius 3 is 2.70 bits per heavy atom. The minimum Gasteiger partial charge on any atom is -0.350 e. The number of nitrogens with two attached hydrogens (primary N) is 1. The number of allylic oxidation sites excluding steroid dienone is 1. The molecule has 2 aromatic rings. The van der Waals surface area contributed by atoms with Gasteiger partial charge in [0.2, 0.25) is 0 Å². The molecule has 1 heterocycles. The predicted octanol–water partition coefficient (Wildman–Crippen LogP) is 4.13. The van der Waals surface area contributed by atoms with E-state index >= 15 is 0 Å². The molecule has 0 saturated heterocycles. The molecule has 3 N–H and O–H groups in total. The Kier molecular flexibility index (Phi) is 4.32. The van der Waals surface area contributed by atoms with Gasteiger partial charge in [-0.3, -0.25) is 5.21 Å². The van der Waals surface area contributed by atoms with E-state index in [1.165, 1.54) is 0 Å². The Balaban J connectivity index is 1.79. The maximum atomic E-state index is 11.0. The maximum absolute atomic E-state index is 11.0. The Hall–Kier alpha value is -2.37. The summed E-state index contributed by atoms with van der Waals surface area (Å²) in [6, 6.07) is 13.0. The molecule has 0 saturated carbocycles. The standard InChI is InChI=1S/C18H18N2O2S/c1-12(13-5-3-2-4-6-13)16-9-10-17(23-16)14-7-8-15(11-14)20(22)18(19)21/h2-6,9-11,15,22H,1,7-8H2,(H2,19,21). The summed E-state index contributed by atoms with van der Waals surface area (Å²) in [7, 11) is 0. The van der Waals surface area contributed by atoms with Crippen LogP contribution in [0.1, 0.15) is 28.2 Å². The molecular formula is C18H18N2O2S. The molecular weight excluding hydrogens is 308 g/mol. The fraction of sp³-hybridized carbons (Fsp3) is 0.167. The van der Waals surface area contributed by atoms with E-state index in [2.05, 4.69) is 18.7 Å². The van der Waals surface area contributed by atoms with Crippen molar-refractivity contribution in [1.29, 1.82) is 0 Å². The van der Waals surface area contributed by atoms with Gasteiger partial charge in [0.1, 0.15) is 0 Å². The van der Waals surface area contributed by atoms with Gasteiger partial charge in [-0.25, -0.2) is 4.79 Å². The van der Waals surface area contributed by atoms with Gasteiger partial charge in [-0.1, -0.05) is 43.0 Å². The summed E-state index contributed by atoms with van der Waals surface area (Å²) >= 11 is 1.67. The van der Waals surface area contributed by atoms with Crippen molar-refractivity contribution in [1.82, 2.24) is 5.06 Å². The molecule has 1 aliphatic carbocycles. The number of carbonyl (C=O) groups is 1. The smallest absolute Gasteiger partial charge is 0.339 e. The zero-order chi connectivity index (χ0) is 16.4. The summed E-state index contributed by atoms with van der Waals surface area (Å²) in [4.78, 5) is 13.3. The number of urea groups is 1. The summed E-state index contributed by atoms with van der Waals surface area (Å²) in [5, 5.41) is 10.2. The fourth-order valence-corrected chi connectivity index (χ4v) is 3.77. The average molecular weight is 326 g/mol. The summed E-state index contributed by atoms with van der Waals surface area (Å²) in [5.41, 5.74) is 8.34. The molecule has 23 heavy (non-hydrogen) atoms. The quantitative estimate of drug-likeness (QED) is 0.655. The van der Waals surface area contributed by atoms with Crippen LogP contribution in [0, 0.1) is 0 Å². The molecule has 0 spiro atoms. The molecule has 0 fully saturated rings. The van der Waals surface area contributed by atoms with Crippen molar-refractivity contribution in [3.63, 3.8) is 0 Å². The molecule has 3 rings (SSSR count). The number of primary amides is 1. The molecule has 0 bridgehead atoms. The van der Waals surface area contributed by atoms with Gasteiger partial charge in [0, 0.05) is 9.75 Å². The first-order chi connectivity index (χ1) is 11.1. The highest BCUT2D eigenvalue weighted by atomic mass is 32.1.